The molecule has 128 valence electrons. The SMILES string of the molecule is CCOC(=O)C(CC)C(O)(c1ccccc1)c1ccc(OC)cc1. The van der Waals surface area contributed by atoms with E-state index in [2.05, 4.69) is 0 Å². The molecule has 2 aromatic rings. The second-order valence-electron chi connectivity index (χ2n) is 5.57. The lowest BCUT2D eigenvalue weighted by Gasteiger charge is -2.35. The van der Waals surface area contributed by atoms with E-state index in [-0.39, 0.29) is 6.61 Å². The Morgan fingerprint density at radius 2 is 1.62 bits per heavy atom. The summed E-state index contributed by atoms with van der Waals surface area (Å²) in [6, 6.07) is 16.4. The summed E-state index contributed by atoms with van der Waals surface area (Å²) < 4.78 is 10.4. The van der Waals surface area contributed by atoms with Gasteiger partial charge >= 0.3 is 5.97 Å². The van der Waals surface area contributed by atoms with E-state index in [0.29, 0.717) is 23.3 Å². The van der Waals surface area contributed by atoms with Crippen LogP contribution >= 0.6 is 0 Å². The molecule has 0 fully saturated rings. The number of benzene rings is 2. The maximum atomic E-state index is 12.5. The van der Waals surface area contributed by atoms with Crippen LogP contribution in [-0.2, 0) is 15.1 Å². The third-order valence-corrected chi connectivity index (χ3v) is 4.23. The highest BCUT2D eigenvalue weighted by molar-refractivity contribution is 5.75. The predicted molar refractivity (Wildman–Crippen MR) is 92.8 cm³/mol. The van der Waals surface area contributed by atoms with Crippen molar-refractivity contribution < 1.29 is 19.4 Å². The summed E-state index contributed by atoms with van der Waals surface area (Å²) in [6.07, 6.45) is 0.455. The smallest absolute Gasteiger partial charge is 0.312 e. The van der Waals surface area contributed by atoms with Crippen molar-refractivity contribution in [2.45, 2.75) is 25.9 Å². The average Bonchev–Trinajstić information content (AvgIpc) is 2.63. The van der Waals surface area contributed by atoms with Gasteiger partial charge in [-0.15, -0.1) is 0 Å². The highest BCUT2D eigenvalue weighted by Gasteiger charge is 2.44. The van der Waals surface area contributed by atoms with Crippen LogP contribution in [0.4, 0.5) is 0 Å². The van der Waals surface area contributed by atoms with Gasteiger partial charge in [0.2, 0.25) is 0 Å². The van der Waals surface area contributed by atoms with Gasteiger partial charge < -0.3 is 14.6 Å². The lowest BCUT2D eigenvalue weighted by Crippen LogP contribution is -2.41. The molecule has 0 spiro atoms. The van der Waals surface area contributed by atoms with Crippen LogP contribution in [-0.4, -0.2) is 24.8 Å². The molecule has 4 heteroatoms. The van der Waals surface area contributed by atoms with Gasteiger partial charge in [0.05, 0.1) is 19.6 Å². The molecule has 0 radical (unpaired) electrons. The molecule has 2 atom stereocenters. The van der Waals surface area contributed by atoms with Crippen LogP contribution in [0.25, 0.3) is 0 Å². The van der Waals surface area contributed by atoms with Crippen molar-refractivity contribution in [1.29, 1.82) is 0 Å². The highest BCUT2D eigenvalue weighted by Crippen LogP contribution is 2.39. The molecular formula is C20H24O4. The molecule has 1 N–H and O–H groups in total. The third kappa shape index (κ3) is 3.44. The van der Waals surface area contributed by atoms with E-state index < -0.39 is 17.5 Å². The van der Waals surface area contributed by atoms with Gasteiger partial charge in [0.15, 0.2) is 0 Å². The molecule has 4 nitrogen and oxygen atoms in total. The summed E-state index contributed by atoms with van der Waals surface area (Å²) in [5.74, 6) is -0.409. The van der Waals surface area contributed by atoms with E-state index >= 15 is 0 Å². The minimum absolute atomic E-state index is 0.281. The van der Waals surface area contributed by atoms with Gasteiger partial charge in [-0.2, -0.15) is 0 Å². The van der Waals surface area contributed by atoms with Crippen molar-refractivity contribution >= 4 is 5.97 Å². The number of aliphatic hydroxyl groups is 1. The number of ether oxygens (including phenoxy) is 2. The molecule has 0 aliphatic heterocycles. The molecule has 2 unspecified atom stereocenters. The van der Waals surface area contributed by atoms with Crippen molar-refractivity contribution in [2.75, 3.05) is 13.7 Å². The quantitative estimate of drug-likeness (QED) is 0.790. The molecule has 0 aliphatic carbocycles. The van der Waals surface area contributed by atoms with Crippen LogP contribution < -0.4 is 4.74 Å². The fourth-order valence-corrected chi connectivity index (χ4v) is 2.98. The van der Waals surface area contributed by atoms with Crippen molar-refractivity contribution in [3.63, 3.8) is 0 Å². The van der Waals surface area contributed by atoms with E-state index in [1.165, 1.54) is 0 Å². The van der Waals surface area contributed by atoms with Gasteiger partial charge in [0, 0.05) is 0 Å². The number of hydrogen-bond donors (Lipinski definition) is 1. The van der Waals surface area contributed by atoms with E-state index in [4.69, 9.17) is 9.47 Å². The maximum Gasteiger partial charge on any atom is 0.312 e. The molecule has 0 amide bonds. The molecule has 24 heavy (non-hydrogen) atoms. The summed E-state index contributed by atoms with van der Waals surface area (Å²) >= 11 is 0. The molecule has 0 saturated carbocycles. The summed E-state index contributed by atoms with van der Waals surface area (Å²) in [4.78, 5) is 12.5. The second kappa shape index (κ2) is 7.97. The van der Waals surface area contributed by atoms with Crippen molar-refractivity contribution in [1.82, 2.24) is 0 Å². The number of rotatable bonds is 7. The fraction of sp³-hybridized carbons (Fsp3) is 0.350. The van der Waals surface area contributed by atoms with E-state index in [1.54, 1.807) is 38.3 Å². The first-order valence-corrected chi connectivity index (χ1v) is 8.16. The van der Waals surface area contributed by atoms with Gasteiger partial charge in [-0.25, -0.2) is 0 Å². The van der Waals surface area contributed by atoms with Crippen LogP contribution in [0.1, 0.15) is 31.4 Å². The fourth-order valence-electron chi connectivity index (χ4n) is 2.98. The number of carbonyl (C=O) groups excluding carboxylic acids is 1. The van der Waals surface area contributed by atoms with Crippen LogP contribution in [0.2, 0.25) is 0 Å². The molecule has 2 aromatic carbocycles. The molecule has 0 aromatic heterocycles. The first-order chi connectivity index (χ1) is 11.6. The number of esters is 1. The summed E-state index contributed by atoms with van der Waals surface area (Å²) in [5, 5.41) is 11.6. The van der Waals surface area contributed by atoms with Crippen LogP contribution in [0, 0.1) is 5.92 Å². The van der Waals surface area contributed by atoms with E-state index in [1.807, 2.05) is 37.3 Å². The number of methoxy groups -OCH3 is 1. The summed E-state index contributed by atoms with van der Waals surface area (Å²) in [7, 11) is 1.59. The first-order valence-electron chi connectivity index (χ1n) is 8.16. The summed E-state index contributed by atoms with van der Waals surface area (Å²) in [6.45, 7) is 3.92. The van der Waals surface area contributed by atoms with Crippen LogP contribution in [0.15, 0.2) is 54.6 Å². The molecule has 0 heterocycles. The lowest BCUT2D eigenvalue weighted by atomic mass is 9.75. The maximum absolute atomic E-state index is 12.5. The predicted octanol–water partition coefficient (Wildman–Crippen LogP) is 3.52. The van der Waals surface area contributed by atoms with Gasteiger partial charge in [0.1, 0.15) is 11.4 Å². The van der Waals surface area contributed by atoms with Crippen molar-refractivity contribution in [3.05, 3.63) is 65.7 Å². The molecule has 0 bridgehead atoms. The van der Waals surface area contributed by atoms with Gasteiger partial charge in [-0.1, -0.05) is 49.4 Å². The zero-order valence-corrected chi connectivity index (χ0v) is 14.4. The van der Waals surface area contributed by atoms with E-state index in [0.717, 1.165) is 0 Å². The monoisotopic (exact) mass is 328 g/mol. The van der Waals surface area contributed by atoms with Gasteiger partial charge in [-0.3, -0.25) is 4.79 Å². The zero-order chi connectivity index (χ0) is 17.6. The average molecular weight is 328 g/mol. The molecular weight excluding hydrogens is 304 g/mol. The third-order valence-electron chi connectivity index (χ3n) is 4.23. The highest BCUT2D eigenvalue weighted by atomic mass is 16.5. The lowest BCUT2D eigenvalue weighted by molar-refractivity contribution is -0.156. The Labute approximate surface area is 143 Å². The Hall–Kier alpha value is -2.33. The number of carbonyl (C=O) groups is 1. The Kier molecular flexibility index (Phi) is 5.99. The standard InChI is InChI=1S/C20H24O4/c1-4-18(19(21)24-5-2)20(22,15-9-7-6-8-10-15)16-11-13-17(23-3)14-12-16/h6-14,18,22H,4-5H2,1-3H3. The topological polar surface area (TPSA) is 55.8 Å². The van der Waals surface area contributed by atoms with E-state index in [9.17, 15) is 9.90 Å². The normalized spacial score (nSPS) is 14.5. The van der Waals surface area contributed by atoms with Gasteiger partial charge in [-0.05, 0) is 36.6 Å². The molecule has 2 rings (SSSR count). The largest absolute Gasteiger partial charge is 0.497 e. The number of hydrogen-bond acceptors (Lipinski definition) is 4. The van der Waals surface area contributed by atoms with Crippen LogP contribution in [0.3, 0.4) is 0 Å². The van der Waals surface area contributed by atoms with Crippen LogP contribution in [0.5, 0.6) is 5.75 Å². The molecule has 0 saturated heterocycles. The second-order valence-corrected chi connectivity index (χ2v) is 5.57. The minimum atomic E-state index is -1.46. The van der Waals surface area contributed by atoms with Gasteiger partial charge in [0.25, 0.3) is 0 Å². The Bertz CT molecular complexity index is 651. The minimum Gasteiger partial charge on any atom is -0.497 e. The Balaban J connectivity index is 2.57. The summed E-state index contributed by atoms with van der Waals surface area (Å²) in [5.41, 5.74) is -0.168. The Morgan fingerprint density at radius 3 is 2.12 bits per heavy atom. The zero-order valence-electron chi connectivity index (χ0n) is 14.4. The van der Waals surface area contributed by atoms with Crippen molar-refractivity contribution in [3.8, 4) is 5.75 Å². The first kappa shape index (κ1) is 18.0. The van der Waals surface area contributed by atoms with Crippen molar-refractivity contribution in [2.24, 2.45) is 5.92 Å². The molecule has 0 aliphatic rings. The Morgan fingerprint density at radius 1 is 1.04 bits per heavy atom.